The van der Waals surface area contributed by atoms with Crippen LogP contribution < -0.4 is 10.9 Å². The molecular weight excluding hydrogens is 376 g/mol. The summed E-state index contributed by atoms with van der Waals surface area (Å²) in [5, 5.41) is 5.45. The van der Waals surface area contributed by atoms with E-state index in [1.54, 1.807) is 6.92 Å². The molecule has 2 N–H and O–H groups in total. The number of nitrogens with one attached hydrogen (secondary N) is 2. The van der Waals surface area contributed by atoms with Crippen LogP contribution >= 0.6 is 11.6 Å². The van der Waals surface area contributed by atoms with E-state index in [0.717, 1.165) is 6.07 Å². The first kappa shape index (κ1) is 18.8. The summed E-state index contributed by atoms with van der Waals surface area (Å²) in [6.07, 6.45) is 0.280. The smallest absolute Gasteiger partial charge is 0.274 e. The lowest BCUT2D eigenvalue weighted by Gasteiger charge is -2.05. The third-order valence-corrected chi connectivity index (χ3v) is 4.37. The minimum atomic E-state index is -0.570. The van der Waals surface area contributed by atoms with Crippen molar-refractivity contribution in [3.8, 4) is 5.69 Å². The van der Waals surface area contributed by atoms with E-state index in [2.05, 4.69) is 10.4 Å². The zero-order valence-electron chi connectivity index (χ0n) is 14.4. The highest BCUT2D eigenvalue weighted by atomic mass is 35.5. The number of hydrogen-bond donors (Lipinski definition) is 2. The number of carbonyl (C=O) groups is 1. The number of rotatable bonds is 5. The zero-order chi connectivity index (χ0) is 19.6. The Bertz CT molecular complexity index is 1040. The van der Waals surface area contributed by atoms with Crippen molar-refractivity contribution in [3.05, 3.63) is 80.7 Å². The number of aromatic amines is 1. The number of anilines is 1. The average Bonchev–Trinajstić information content (AvgIpc) is 2.91. The summed E-state index contributed by atoms with van der Waals surface area (Å²) in [6, 6.07) is 9.39. The Kier molecular flexibility index (Phi) is 5.41. The maximum Gasteiger partial charge on any atom is 0.274 e. The van der Waals surface area contributed by atoms with Crippen molar-refractivity contribution < 1.29 is 13.6 Å². The van der Waals surface area contributed by atoms with Crippen molar-refractivity contribution >= 4 is 23.2 Å². The predicted molar refractivity (Wildman–Crippen MR) is 99.4 cm³/mol. The molecule has 5 nitrogen and oxygen atoms in total. The van der Waals surface area contributed by atoms with E-state index >= 15 is 0 Å². The molecule has 0 atom stereocenters. The highest BCUT2D eigenvalue weighted by molar-refractivity contribution is 6.31. The first-order valence-corrected chi connectivity index (χ1v) is 8.54. The summed E-state index contributed by atoms with van der Waals surface area (Å²) in [5.41, 5.74) is 1.67. The van der Waals surface area contributed by atoms with Crippen molar-refractivity contribution in [3.63, 3.8) is 0 Å². The molecule has 0 bridgehead atoms. The molecule has 2 aromatic carbocycles. The number of hydrogen-bond acceptors (Lipinski definition) is 2. The third-order valence-electron chi connectivity index (χ3n) is 4.08. The van der Waals surface area contributed by atoms with Crippen molar-refractivity contribution in [2.45, 2.75) is 19.8 Å². The minimum Gasteiger partial charge on any atom is -0.326 e. The lowest BCUT2D eigenvalue weighted by molar-refractivity contribution is -0.116. The SMILES string of the molecule is Cc1[nH]n(-c2ccc(F)cc2)c(=O)c1CCC(=O)Nc1ccc(F)c(Cl)c1. The Morgan fingerprint density at radius 3 is 2.56 bits per heavy atom. The van der Waals surface area contributed by atoms with Crippen LogP contribution in [0.15, 0.2) is 47.3 Å². The van der Waals surface area contributed by atoms with Gasteiger partial charge in [0.1, 0.15) is 11.6 Å². The maximum absolute atomic E-state index is 13.2. The highest BCUT2D eigenvalue weighted by Crippen LogP contribution is 2.19. The molecule has 1 amide bonds. The molecular formula is C19H16ClF2N3O2. The second-order valence-electron chi connectivity index (χ2n) is 6.01. The van der Waals surface area contributed by atoms with E-state index in [0.29, 0.717) is 22.6 Å². The lowest BCUT2D eigenvalue weighted by Crippen LogP contribution is -2.19. The molecule has 0 aliphatic heterocycles. The van der Waals surface area contributed by atoms with Crippen LogP contribution in [0, 0.1) is 18.6 Å². The minimum absolute atomic E-state index is 0.0619. The van der Waals surface area contributed by atoms with Gasteiger partial charge in [-0.15, -0.1) is 0 Å². The Labute approximate surface area is 158 Å². The molecule has 3 rings (SSSR count). The molecule has 0 radical (unpaired) electrons. The van der Waals surface area contributed by atoms with Crippen molar-refractivity contribution in [2.24, 2.45) is 0 Å². The number of carbonyl (C=O) groups excluding carboxylic acids is 1. The third kappa shape index (κ3) is 4.25. The fourth-order valence-corrected chi connectivity index (χ4v) is 2.86. The molecule has 1 aromatic heterocycles. The molecule has 0 saturated carbocycles. The molecule has 0 aliphatic carbocycles. The monoisotopic (exact) mass is 391 g/mol. The Morgan fingerprint density at radius 2 is 1.89 bits per heavy atom. The molecule has 8 heteroatoms. The summed E-state index contributed by atoms with van der Waals surface area (Å²) < 4.78 is 27.5. The second-order valence-corrected chi connectivity index (χ2v) is 6.42. The molecule has 3 aromatic rings. The number of benzene rings is 2. The van der Waals surface area contributed by atoms with E-state index in [4.69, 9.17) is 11.6 Å². The number of amides is 1. The summed E-state index contributed by atoms with van der Waals surface area (Å²) in [6.45, 7) is 1.73. The van der Waals surface area contributed by atoms with Gasteiger partial charge in [0, 0.05) is 23.4 Å². The average molecular weight is 392 g/mol. The zero-order valence-corrected chi connectivity index (χ0v) is 15.1. The topological polar surface area (TPSA) is 66.9 Å². The van der Waals surface area contributed by atoms with Gasteiger partial charge in [0.15, 0.2) is 0 Å². The van der Waals surface area contributed by atoms with Crippen LogP contribution in [-0.2, 0) is 11.2 Å². The largest absolute Gasteiger partial charge is 0.326 e. The van der Waals surface area contributed by atoms with Gasteiger partial charge in [-0.1, -0.05) is 11.6 Å². The standard InChI is InChI=1S/C19H16ClF2N3O2/c1-11-15(19(27)25(24-11)14-5-2-12(21)3-6-14)7-9-18(26)23-13-4-8-17(22)16(20)10-13/h2-6,8,10,24H,7,9H2,1H3,(H,23,26). The van der Waals surface area contributed by atoms with E-state index < -0.39 is 11.6 Å². The lowest BCUT2D eigenvalue weighted by atomic mass is 10.1. The molecule has 0 fully saturated rings. The number of nitrogens with zero attached hydrogens (tertiary/aromatic N) is 1. The fourth-order valence-electron chi connectivity index (χ4n) is 2.68. The van der Waals surface area contributed by atoms with Gasteiger partial charge in [0.25, 0.3) is 5.56 Å². The second kappa shape index (κ2) is 7.75. The Balaban J connectivity index is 1.70. The normalized spacial score (nSPS) is 10.8. The summed E-state index contributed by atoms with van der Waals surface area (Å²) in [5.74, 6) is -1.29. The summed E-state index contributed by atoms with van der Waals surface area (Å²) in [7, 11) is 0. The quantitative estimate of drug-likeness (QED) is 0.691. The molecule has 0 saturated heterocycles. The van der Waals surface area contributed by atoms with Crippen LogP contribution in [0.5, 0.6) is 0 Å². The number of H-pyrrole nitrogens is 1. The van der Waals surface area contributed by atoms with Crippen LogP contribution in [0.1, 0.15) is 17.7 Å². The fraction of sp³-hybridized carbons (Fsp3) is 0.158. The van der Waals surface area contributed by atoms with Gasteiger partial charge in [0.2, 0.25) is 5.91 Å². The molecule has 0 aliphatic rings. The van der Waals surface area contributed by atoms with Gasteiger partial charge in [-0.2, -0.15) is 0 Å². The number of aryl methyl sites for hydroxylation is 1. The van der Waals surface area contributed by atoms with Crippen LogP contribution in [0.4, 0.5) is 14.5 Å². The maximum atomic E-state index is 13.2. The van der Waals surface area contributed by atoms with E-state index in [9.17, 15) is 18.4 Å². The molecule has 140 valence electrons. The Morgan fingerprint density at radius 1 is 1.19 bits per heavy atom. The van der Waals surface area contributed by atoms with E-state index in [-0.39, 0.29) is 29.3 Å². The van der Waals surface area contributed by atoms with Crippen LogP contribution in [0.25, 0.3) is 5.69 Å². The van der Waals surface area contributed by atoms with E-state index in [1.807, 2.05) is 0 Å². The van der Waals surface area contributed by atoms with Crippen LogP contribution in [-0.4, -0.2) is 15.7 Å². The first-order chi connectivity index (χ1) is 12.8. The first-order valence-electron chi connectivity index (χ1n) is 8.16. The van der Waals surface area contributed by atoms with Crippen molar-refractivity contribution in [1.29, 1.82) is 0 Å². The van der Waals surface area contributed by atoms with Gasteiger partial charge in [0.05, 0.1) is 10.7 Å². The van der Waals surface area contributed by atoms with Gasteiger partial charge in [-0.05, 0) is 55.8 Å². The van der Waals surface area contributed by atoms with Gasteiger partial charge >= 0.3 is 0 Å². The summed E-state index contributed by atoms with van der Waals surface area (Å²) >= 11 is 5.68. The van der Waals surface area contributed by atoms with Crippen molar-refractivity contribution in [1.82, 2.24) is 9.78 Å². The van der Waals surface area contributed by atoms with Gasteiger partial charge in [-0.25, -0.2) is 13.5 Å². The molecule has 1 heterocycles. The van der Waals surface area contributed by atoms with Crippen LogP contribution in [0.2, 0.25) is 5.02 Å². The molecule has 27 heavy (non-hydrogen) atoms. The van der Waals surface area contributed by atoms with Gasteiger partial charge in [-0.3, -0.25) is 14.7 Å². The predicted octanol–water partition coefficient (Wildman–Crippen LogP) is 3.98. The van der Waals surface area contributed by atoms with Gasteiger partial charge < -0.3 is 5.32 Å². The van der Waals surface area contributed by atoms with Crippen molar-refractivity contribution in [2.75, 3.05) is 5.32 Å². The van der Waals surface area contributed by atoms with E-state index in [1.165, 1.54) is 41.1 Å². The highest BCUT2D eigenvalue weighted by Gasteiger charge is 2.14. The number of aromatic nitrogens is 2. The van der Waals surface area contributed by atoms with Crippen LogP contribution in [0.3, 0.4) is 0 Å². The number of halogens is 3. The summed E-state index contributed by atoms with van der Waals surface area (Å²) in [4.78, 5) is 24.7. The molecule has 0 spiro atoms. The molecule has 0 unspecified atom stereocenters. The Hall–Kier alpha value is -2.93.